The second-order valence-corrected chi connectivity index (χ2v) is 6.90. The molecule has 1 aliphatic heterocycles. The maximum atomic E-state index is 4.95. The average Bonchev–Trinajstić information content (AvgIpc) is 3.12. The minimum atomic E-state index is 0.280. The molecule has 1 saturated heterocycles. The van der Waals surface area contributed by atoms with E-state index in [9.17, 15) is 0 Å². The number of thioether (sulfide) groups is 1. The molecule has 1 aliphatic carbocycles. The highest BCUT2D eigenvalue weighted by Gasteiger charge is 2.29. The Balaban J connectivity index is 1.93. The molecule has 2 nitrogen and oxygen atoms in total. The van der Waals surface area contributed by atoms with Gasteiger partial charge in [0.2, 0.25) is 0 Å². The summed E-state index contributed by atoms with van der Waals surface area (Å²) in [6, 6.07) is 0.553. The Hall–Kier alpha value is -0.180. The summed E-state index contributed by atoms with van der Waals surface area (Å²) in [5, 5.41) is 4.85. The van der Waals surface area contributed by atoms with Crippen molar-refractivity contribution in [1.29, 1.82) is 0 Å². The number of hydrogen-bond acceptors (Lipinski definition) is 2. The monoisotopic (exact) mass is 254 g/mol. The smallest absolute Gasteiger partial charge is 0.157 e. The zero-order valence-electron chi connectivity index (χ0n) is 11.5. The van der Waals surface area contributed by atoms with Gasteiger partial charge in [-0.05, 0) is 38.5 Å². The molecular formula is C14H26N2S. The molecule has 0 aromatic heterocycles. The van der Waals surface area contributed by atoms with Gasteiger partial charge in [-0.3, -0.25) is 4.99 Å². The SMILES string of the molecule is CCC(CC1CC1)N=C1NC(C)(CC)CCS1. The number of amidine groups is 1. The predicted molar refractivity (Wildman–Crippen MR) is 77.8 cm³/mol. The van der Waals surface area contributed by atoms with Crippen molar-refractivity contribution in [3.05, 3.63) is 0 Å². The van der Waals surface area contributed by atoms with Gasteiger partial charge in [-0.25, -0.2) is 0 Å². The van der Waals surface area contributed by atoms with Gasteiger partial charge in [-0.2, -0.15) is 0 Å². The summed E-state index contributed by atoms with van der Waals surface area (Å²) < 4.78 is 0. The Morgan fingerprint density at radius 2 is 2.24 bits per heavy atom. The lowest BCUT2D eigenvalue weighted by Crippen LogP contribution is -2.48. The highest BCUT2D eigenvalue weighted by atomic mass is 32.2. The first-order chi connectivity index (χ1) is 8.15. The van der Waals surface area contributed by atoms with Crippen molar-refractivity contribution in [2.45, 2.75) is 70.9 Å². The maximum absolute atomic E-state index is 4.95. The number of hydrogen-bond donors (Lipinski definition) is 1. The van der Waals surface area contributed by atoms with Crippen molar-refractivity contribution in [3.63, 3.8) is 0 Å². The number of rotatable bonds is 5. The van der Waals surface area contributed by atoms with Crippen LogP contribution in [0, 0.1) is 5.92 Å². The molecule has 1 saturated carbocycles. The third-order valence-corrected chi connectivity index (χ3v) is 5.04. The van der Waals surface area contributed by atoms with Crippen molar-refractivity contribution in [2.75, 3.05) is 5.75 Å². The Morgan fingerprint density at radius 3 is 2.82 bits per heavy atom. The van der Waals surface area contributed by atoms with E-state index >= 15 is 0 Å². The van der Waals surface area contributed by atoms with E-state index in [0.717, 1.165) is 5.92 Å². The molecule has 17 heavy (non-hydrogen) atoms. The minimum absolute atomic E-state index is 0.280. The van der Waals surface area contributed by atoms with Crippen LogP contribution in [0.5, 0.6) is 0 Å². The van der Waals surface area contributed by atoms with Crippen LogP contribution in [-0.4, -0.2) is 22.5 Å². The van der Waals surface area contributed by atoms with Gasteiger partial charge in [0.05, 0.1) is 6.04 Å². The molecule has 3 heteroatoms. The molecule has 0 spiro atoms. The molecule has 2 rings (SSSR count). The summed E-state index contributed by atoms with van der Waals surface area (Å²) in [6.07, 6.45) is 7.82. The van der Waals surface area contributed by atoms with E-state index in [2.05, 4.69) is 26.1 Å². The van der Waals surface area contributed by atoms with Crippen LogP contribution in [0.3, 0.4) is 0 Å². The molecule has 98 valence electrons. The van der Waals surface area contributed by atoms with Crippen LogP contribution in [0.25, 0.3) is 0 Å². The molecular weight excluding hydrogens is 228 g/mol. The second kappa shape index (κ2) is 5.64. The van der Waals surface area contributed by atoms with Crippen LogP contribution in [0.2, 0.25) is 0 Å². The van der Waals surface area contributed by atoms with Gasteiger partial charge >= 0.3 is 0 Å². The molecule has 2 aliphatic rings. The van der Waals surface area contributed by atoms with E-state index in [1.807, 2.05) is 11.8 Å². The molecule has 2 unspecified atom stereocenters. The normalized spacial score (nSPS) is 33.5. The topological polar surface area (TPSA) is 24.4 Å². The molecule has 2 atom stereocenters. The summed E-state index contributed by atoms with van der Waals surface area (Å²) in [6.45, 7) is 6.86. The molecule has 2 fully saturated rings. The molecule has 1 N–H and O–H groups in total. The summed E-state index contributed by atoms with van der Waals surface area (Å²) in [5.74, 6) is 2.20. The summed E-state index contributed by atoms with van der Waals surface area (Å²) in [5.41, 5.74) is 0.280. The Bertz CT molecular complexity index is 286. The zero-order chi connectivity index (χ0) is 12.3. The van der Waals surface area contributed by atoms with Crippen molar-refractivity contribution in [2.24, 2.45) is 10.9 Å². The van der Waals surface area contributed by atoms with Crippen molar-refractivity contribution in [3.8, 4) is 0 Å². The van der Waals surface area contributed by atoms with Crippen molar-refractivity contribution < 1.29 is 0 Å². The first-order valence-electron chi connectivity index (χ1n) is 7.14. The molecule has 0 bridgehead atoms. The lowest BCUT2D eigenvalue weighted by Gasteiger charge is -2.35. The van der Waals surface area contributed by atoms with Crippen molar-refractivity contribution >= 4 is 16.9 Å². The largest absolute Gasteiger partial charge is 0.360 e. The van der Waals surface area contributed by atoms with E-state index < -0.39 is 0 Å². The molecule has 0 aromatic carbocycles. The van der Waals surface area contributed by atoms with Gasteiger partial charge in [0, 0.05) is 11.3 Å². The van der Waals surface area contributed by atoms with Gasteiger partial charge in [0.15, 0.2) is 5.17 Å². The third-order valence-electron chi connectivity index (χ3n) is 4.16. The van der Waals surface area contributed by atoms with Gasteiger partial charge in [-0.15, -0.1) is 0 Å². The van der Waals surface area contributed by atoms with Crippen LogP contribution in [0.15, 0.2) is 4.99 Å². The van der Waals surface area contributed by atoms with Crippen LogP contribution < -0.4 is 5.32 Å². The number of nitrogens with one attached hydrogen (secondary N) is 1. The summed E-state index contributed by atoms with van der Waals surface area (Å²) >= 11 is 1.91. The fourth-order valence-corrected chi connectivity index (χ4v) is 3.57. The maximum Gasteiger partial charge on any atom is 0.157 e. The lowest BCUT2D eigenvalue weighted by atomic mass is 9.96. The van der Waals surface area contributed by atoms with Gasteiger partial charge in [0.1, 0.15) is 0 Å². The van der Waals surface area contributed by atoms with Gasteiger partial charge in [-0.1, -0.05) is 38.5 Å². The molecule has 1 heterocycles. The van der Waals surface area contributed by atoms with Gasteiger partial charge < -0.3 is 5.32 Å². The highest BCUT2D eigenvalue weighted by Crippen LogP contribution is 2.35. The van der Waals surface area contributed by atoms with E-state index in [1.54, 1.807) is 0 Å². The predicted octanol–water partition coefficient (Wildman–Crippen LogP) is 3.82. The molecule has 0 aromatic rings. The highest BCUT2D eigenvalue weighted by molar-refractivity contribution is 8.13. The average molecular weight is 254 g/mol. The first-order valence-corrected chi connectivity index (χ1v) is 8.12. The van der Waals surface area contributed by atoms with E-state index in [-0.39, 0.29) is 5.54 Å². The molecule has 0 radical (unpaired) electrons. The van der Waals surface area contributed by atoms with E-state index in [0.29, 0.717) is 6.04 Å². The van der Waals surface area contributed by atoms with Crippen LogP contribution in [0.1, 0.15) is 59.3 Å². The van der Waals surface area contributed by atoms with Crippen molar-refractivity contribution in [1.82, 2.24) is 5.32 Å². The van der Waals surface area contributed by atoms with E-state index in [1.165, 1.54) is 49.4 Å². The number of nitrogens with zero attached hydrogens (tertiary/aromatic N) is 1. The standard InChI is InChI=1S/C14H26N2S/c1-4-12(10-11-6-7-11)15-13-16-14(3,5-2)8-9-17-13/h11-12H,4-10H2,1-3H3,(H,15,16). The third kappa shape index (κ3) is 3.90. The Labute approximate surface area is 110 Å². The Morgan fingerprint density at radius 1 is 1.47 bits per heavy atom. The summed E-state index contributed by atoms with van der Waals surface area (Å²) in [7, 11) is 0. The van der Waals surface area contributed by atoms with Gasteiger partial charge in [0.25, 0.3) is 0 Å². The second-order valence-electron chi connectivity index (χ2n) is 5.81. The zero-order valence-corrected chi connectivity index (χ0v) is 12.3. The quantitative estimate of drug-likeness (QED) is 0.806. The van der Waals surface area contributed by atoms with E-state index in [4.69, 9.17) is 4.99 Å². The first kappa shape index (κ1) is 13.3. The fourth-order valence-electron chi connectivity index (χ4n) is 2.28. The summed E-state index contributed by atoms with van der Waals surface area (Å²) in [4.78, 5) is 4.95. The van der Waals surface area contributed by atoms with Crippen LogP contribution >= 0.6 is 11.8 Å². The molecule has 0 amide bonds. The minimum Gasteiger partial charge on any atom is -0.360 e. The number of aliphatic imine (C=N–C) groups is 1. The fraction of sp³-hybridized carbons (Fsp3) is 0.929. The Kier molecular flexibility index (Phi) is 4.40. The lowest BCUT2D eigenvalue weighted by molar-refractivity contribution is 0.388. The van der Waals surface area contributed by atoms with Crippen LogP contribution in [-0.2, 0) is 0 Å². The van der Waals surface area contributed by atoms with Crippen LogP contribution in [0.4, 0.5) is 0 Å².